The average Bonchev–Trinajstić information content (AvgIpc) is 3.42. The van der Waals surface area contributed by atoms with E-state index in [0.29, 0.717) is 25.0 Å². The third kappa shape index (κ3) is 7.35. The van der Waals surface area contributed by atoms with E-state index in [1.807, 2.05) is 84.5 Å². The second kappa shape index (κ2) is 13.7. The van der Waals surface area contributed by atoms with Crippen LogP contribution in [0.25, 0.3) is 22.2 Å². The van der Waals surface area contributed by atoms with Gasteiger partial charge in [-0.15, -0.1) is 0 Å². The Morgan fingerprint density at radius 3 is 2.26 bits per heavy atom. The normalized spacial score (nSPS) is 15.7. The summed E-state index contributed by atoms with van der Waals surface area (Å²) >= 11 is 0. The molecular weight excluding hydrogens is 590 g/mol. The first kappa shape index (κ1) is 31.9. The zero-order valence-corrected chi connectivity index (χ0v) is 27.6. The summed E-state index contributed by atoms with van der Waals surface area (Å²) in [5.74, 6) is 1.08. The number of fused-ring (bicyclic) bond motifs is 1. The Morgan fingerprint density at radius 2 is 1.60 bits per heavy atom. The highest BCUT2D eigenvalue weighted by atomic mass is 16.6. The Balaban J connectivity index is 1.34. The van der Waals surface area contributed by atoms with E-state index in [4.69, 9.17) is 30.0 Å². The molecule has 3 aromatic carbocycles. The number of aromatic nitrogens is 3. The fourth-order valence-corrected chi connectivity index (χ4v) is 6.60. The van der Waals surface area contributed by atoms with E-state index in [0.717, 1.165) is 64.9 Å². The lowest BCUT2D eigenvalue weighted by molar-refractivity contribution is -0.00767. The van der Waals surface area contributed by atoms with Crippen LogP contribution in [0.4, 0.5) is 10.5 Å². The molecule has 0 bridgehead atoms. The van der Waals surface area contributed by atoms with Crippen molar-refractivity contribution in [2.45, 2.75) is 52.9 Å². The van der Waals surface area contributed by atoms with Gasteiger partial charge in [0, 0.05) is 37.5 Å². The van der Waals surface area contributed by atoms with E-state index in [1.165, 1.54) is 0 Å². The molecule has 1 fully saturated rings. The van der Waals surface area contributed by atoms with Gasteiger partial charge in [-0.2, -0.15) is 10.1 Å². The molecule has 5 aromatic rings. The van der Waals surface area contributed by atoms with Crippen LogP contribution in [0.5, 0.6) is 11.8 Å². The highest BCUT2D eigenvalue weighted by molar-refractivity contribution is 6.01. The zero-order chi connectivity index (χ0) is 33.0. The number of pyridine rings is 1. The van der Waals surface area contributed by atoms with E-state index in [-0.39, 0.29) is 17.4 Å². The third-order valence-electron chi connectivity index (χ3n) is 8.70. The van der Waals surface area contributed by atoms with Crippen LogP contribution in [0.3, 0.4) is 0 Å². The molecule has 2 N–H and O–H groups in total. The minimum atomic E-state index is -0.726. The number of aryl methyl sites for hydroxylation is 1. The number of carbonyl (C=O) groups is 1. The monoisotopic (exact) mass is 633 g/mol. The summed E-state index contributed by atoms with van der Waals surface area (Å²) in [5, 5.41) is 6.03. The van der Waals surface area contributed by atoms with Gasteiger partial charge in [-0.1, -0.05) is 93.6 Å². The maximum Gasteiger partial charge on any atom is 0.404 e. The van der Waals surface area contributed by atoms with Gasteiger partial charge < -0.3 is 24.8 Å². The van der Waals surface area contributed by atoms with E-state index < -0.39 is 6.09 Å². The maximum absolute atomic E-state index is 11.8. The summed E-state index contributed by atoms with van der Waals surface area (Å²) < 4.78 is 20.1. The van der Waals surface area contributed by atoms with E-state index in [2.05, 4.69) is 43.9 Å². The standard InChI is InChI=1S/C38H43N5O4/c1-38(2,3)35(47-37(39)44)28-17-12-22-43(23-28)31-19-11-18-29-33(41-42(4)34(29)31)30-20-21-32(45-24-26-13-7-5-8-14-26)40-36(30)46-25-27-15-9-6-10-16-27/h5-11,13-16,18-21,28,35H,12,17,22-25H2,1-4H3,(H2,39,44)/t28?,35-/m0/s1. The second-order valence-electron chi connectivity index (χ2n) is 13.3. The van der Waals surface area contributed by atoms with Crippen LogP contribution in [0.2, 0.25) is 0 Å². The van der Waals surface area contributed by atoms with Crippen molar-refractivity contribution in [1.29, 1.82) is 0 Å². The molecule has 6 rings (SSSR count). The van der Waals surface area contributed by atoms with E-state index in [9.17, 15) is 4.79 Å². The Morgan fingerprint density at radius 1 is 0.915 bits per heavy atom. The number of primary amides is 1. The topological polar surface area (TPSA) is 105 Å². The zero-order valence-electron chi connectivity index (χ0n) is 27.6. The van der Waals surface area contributed by atoms with Gasteiger partial charge in [0.2, 0.25) is 11.8 Å². The summed E-state index contributed by atoms with van der Waals surface area (Å²) in [6.45, 7) is 8.68. The van der Waals surface area contributed by atoms with Gasteiger partial charge in [0.25, 0.3) is 0 Å². The lowest BCUT2D eigenvalue weighted by Crippen LogP contribution is -2.47. The molecule has 0 radical (unpaired) electrons. The number of amides is 1. The molecule has 2 atom stereocenters. The molecule has 0 aliphatic carbocycles. The fourth-order valence-electron chi connectivity index (χ4n) is 6.60. The van der Waals surface area contributed by atoms with Crippen molar-refractivity contribution in [3.63, 3.8) is 0 Å². The SMILES string of the molecule is Cn1nc(-c2ccc(OCc3ccccc3)nc2OCc2ccccc2)c2cccc(N3CCCC([C@H](OC(N)=O)C(C)(C)C)C3)c21. The molecule has 1 aliphatic heterocycles. The lowest BCUT2D eigenvalue weighted by Gasteiger charge is -2.42. The first-order valence-electron chi connectivity index (χ1n) is 16.2. The maximum atomic E-state index is 11.8. The number of anilines is 1. The molecule has 2 aromatic heterocycles. The van der Waals surface area contributed by atoms with E-state index in [1.54, 1.807) is 0 Å². The van der Waals surface area contributed by atoms with Crippen molar-refractivity contribution in [1.82, 2.24) is 14.8 Å². The van der Waals surface area contributed by atoms with Gasteiger partial charge >= 0.3 is 6.09 Å². The molecule has 9 nitrogen and oxygen atoms in total. The number of benzene rings is 3. The molecule has 0 spiro atoms. The molecule has 9 heteroatoms. The molecule has 1 saturated heterocycles. The van der Waals surface area contributed by atoms with Crippen molar-refractivity contribution >= 4 is 22.7 Å². The number of rotatable bonds is 10. The number of ether oxygens (including phenoxy) is 3. The lowest BCUT2D eigenvalue weighted by atomic mass is 9.77. The van der Waals surface area contributed by atoms with Crippen molar-refractivity contribution in [3.8, 4) is 23.0 Å². The number of nitrogens with two attached hydrogens (primary N) is 1. The van der Waals surface area contributed by atoms with Gasteiger partial charge in [0.15, 0.2) is 0 Å². The van der Waals surface area contributed by atoms with Crippen molar-refractivity contribution < 1.29 is 19.0 Å². The largest absolute Gasteiger partial charge is 0.473 e. The molecule has 1 amide bonds. The van der Waals surface area contributed by atoms with Gasteiger partial charge in [0.1, 0.15) is 25.0 Å². The minimum absolute atomic E-state index is 0.143. The summed E-state index contributed by atoms with van der Waals surface area (Å²) in [7, 11) is 1.97. The second-order valence-corrected chi connectivity index (χ2v) is 13.3. The minimum Gasteiger partial charge on any atom is -0.473 e. The van der Waals surface area contributed by atoms with Gasteiger partial charge in [-0.3, -0.25) is 4.68 Å². The van der Waals surface area contributed by atoms with Crippen LogP contribution in [0, 0.1) is 11.3 Å². The van der Waals surface area contributed by atoms with Crippen molar-refractivity contribution in [2.75, 3.05) is 18.0 Å². The predicted molar refractivity (Wildman–Crippen MR) is 184 cm³/mol. The number of hydrogen-bond donors (Lipinski definition) is 1. The average molecular weight is 634 g/mol. The molecule has 1 unspecified atom stereocenters. The molecule has 3 heterocycles. The van der Waals surface area contributed by atoms with Crippen LogP contribution >= 0.6 is 0 Å². The number of piperidine rings is 1. The van der Waals surface area contributed by atoms with Gasteiger partial charge in [-0.25, -0.2) is 4.79 Å². The first-order valence-corrected chi connectivity index (χ1v) is 16.2. The highest BCUT2D eigenvalue weighted by Gasteiger charge is 2.38. The van der Waals surface area contributed by atoms with Crippen molar-refractivity contribution in [2.24, 2.45) is 24.1 Å². The number of para-hydroxylation sites is 1. The summed E-state index contributed by atoms with van der Waals surface area (Å²) in [4.78, 5) is 19.0. The highest BCUT2D eigenvalue weighted by Crippen LogP contribution is 2.40. The third-order valence-corrected chi connectivity index (χ3v) is 8.70. The summed E-state index contributed by atoms with van der Waals surface area (Å²) in [6.07, 6.45) is 0.926. The summed E-state index contributed by atoms with van der Waals surface area (Å²) in [6, 6.07) is 30.2. The van der Waals surface area contributed by atoms with Gasteiger partial charge in [-0.05, 0) is 41.5 Å². The molecule has 47 heavy (non-hydrogen) atoms. The van der Waals surface area contributed by atoms with E-state index >= 15 is 0 Å². The Kier molecular flexibility index (Phi) is 9.33. The van der Waals surface area contributed by atoms with Crippen LogP contribution in [-0.2, 0) is 25.0 Å². The quantitative estimate of drug-likeness (QED) is 0.170. The molecule has 1 aliphatic rings. The Labute approximate surface area is 276 Å². The predicted octanol–water partition coefficient (Wildman–Crippen LogP) is 7.52. The van der Waals surface area contributed by atoms with Crippen LogP contribution < -0.4 is 20.1 Å². The van der Waals surface area contributed by atoms with Crippen LogP contribution in [0.1, 0.15) is 44.7 Å². The number of carbonyl (C=O) groups excluding carboxylic acids is 1. The first-order chi connectivity index (χ1) is 22.7. The molecular formula is C38H43N5O4. The van der Waals surface area contributed by atoms with Crippen LogP contribution in [-0.4, -0.2) is 40.1 Å². The van der Waals surface area contributed by atoms with Gasteiger partial charge in [0.05, 0.1) is 16.8 Å². The Hall–Kier alpha value is -5.05. The molecule has 244 valence electrons. The van der Waals surface area contributed by atoms with Crippen molar-refractivity contribution in [3.05, 3.63) is 102 Å². The van der Waals surface area contributed by atoms with Crippen LogP contribution in [0.15, 0.2) is 91.0 Å². The molecule has 0 saturated carbocycles. The number of hydrogen-bond acceptors (Lipinski definition) is 7. The summed E-state index contributed by atoms with van der Waals surface area (Å²) in [5.41, 5.74) is 11.0. The Bertz CT molecular complexity index is 1820. The smallest absolute Gasteiger partial charge is 0.404 e. The fraction of sp³-hybridized carbons (Fsp3) is 0.342. The number of nitrogens with zero attached hydrogens (tertiary/aromatic N) is 4.